The van der Waals surface area contributed by atoms with Gasteiger partial charge in [-0.05, 0) is 24.1 Å². The number of carbonyl (C=O) groups excluding carboxylic acids is 1. The fourth-order valence-corrected chi connectivity index (χ4v) is 2.35. The van der Waals surface area contributed by atoms with Gasteiger partial charge in [0.15, 0.2) is 0 Å². The standard InChI is InChI=1S/C12H15F3N2O3S/c1-8(2)6-11(18)16-17-21(19,20)10-5-3-4-9(7-10)12(13,14)15/h3-5,7-8,17H,6H2,1-2H3,(H,16,18). The molecule has 0 aliphatic carbocycles. The van der Waals surface area contributed by atoms with Crippen molar-refractivity contribution in [1.29, 1.82) is 0 Å². The van der Waals surface area contributed by atoms with E-state index in [2.05, 4.69) is 0 Å². The number of hydrogen-bond acceptors (Lipinski definition) is 3. The maximum absolute atomic E-state index is 12.5. The molecule has 118 valence electrons. The fourth-order valence-electron chi connectivity index (χ4n) is 1.44. The van der Waals surface area contributed by atoms with Crippen LogP contribution in [0, 0.1) is 5.92 Å². The summed E-state index contributed by atoms with van der Waals surface area (Å²) < 4.78 is 61.2. The predicted molar refractivity (Wildman–Crippen MR) is 69.4 cm³/mol. The van der Waals surface area contributed by atoms with Crippen LogP contribution in [-0.4, -0.2) is 14.3 Å². The van der Waals surface area contributed by atoms with Gasteiger partial charge in [0.1, 0.15) is 0 Å². The summed E-state index contributed by atoms with van der Waals surface area (Å²) in [6.07, 6.45) is -4.56. The molecule has 0 saturated heterocycles. The van der Waals surface area contributed by atoms with Crippen LogP contribution in [0.4, 0.5) is 13.2 Å². The van der Waals surface area contributed by atoms with Crippen molar-refractivity contribution in [1.82, 2.24) is 10.3 Å². The Bertz CT molecular complexity index is 612. The molecule has 1 aromatic rings. The number of sulfonamides is 1. The molecule has 0 radical (unpaired) electrons. The molecule has 0 unspecified atom stereocenters. The second kappa shape index (κ2) is 6.44. The summed E-state index contributed by atoms with van der Waals surface area (Å²) in [5.41, 5.74) is 0.868. The van der Waals surface area contributed by atoms with Gasteiger partial charge < -0.3 is 0 Å². The summed E-state index contributed by atoms with van der Waals surface area (Å²) in [5, 5.41) is 0. The van der Waals surface area contributed by atoms with E-state index in [9.17, 15) is 26.4 Å². The molecular formula is C12H15F3N2O3S. The number of halogens is 3. The monoisotopic (exact) mass is 324 g/mol. The van der Waals surface area contributed by atoms with Crippen LogP contribution in [0.2, 0.25) is 0 Å². The summed E-state index contributed by atoms with van der Waals surface area (Å²) in [4.78, 5) is 12.5. The maximum Gasteiger partial charge on any atom is 0.416 e. The lowest BCUT2D eigenvalue weighted by atomic mass is 10.1. The van der Waals surface area contributed by atoms with E-state index in [1.807, 2.05) is 5.43 Å². The second-order valence-electron chi connectivity index (χ2n) is 4.78. The third-order valence-electron chi connectivity index (χ3n) is 2.39. The molecule has 0 fully saturated rings. The number of rotatable bonds is 5. The van der Waals surface area contributed by atoms with Gasteiger partial charge in [-0.3, -0.25) is 10.2 Å². The van der Waals surface area contributed by atoms with Crippen LogP contribution in [0.15, 0.2) is 29.2 Å². The van der Waals surface area contributed by atoms with E-state index in [-0.39, 0.29) is 12.3 Å². The fraction of sp³-hybridized carbons (Fsp3) is 0.417. The minimum atomic E-state index is -4.65. The number of hydrazine groups is 1. The van der Waals surface area contributed by atoms with Gasteiger partial charge in [-0.25, -0.2) is 8.42 Å². The van der Waals surface area contributed by atoms with Crippen molar-refractivity contribution in [2.45, 2.75) is 31.3 Å². The number of amides is 1. The zero-order valence-electron chi connectivity index (χ0n) is 11.4. The highest BCUT2D eigenvalue weighted by Crippen LogP contribution is 2.30. The Morgan fingerprint density at radius 2 is 1.90 bits per heavy atom. The molecule has 0 aliphatic heterocycles. The lowest BCUT2D eigenvalue weighted by Crippen LogP contribution is -2.41. The van der Waals surface area contributed by atoms with Crippen LogP contribution >= 0.6 is 0 Å². The largest absolute Gasteiger partial charge is 0.416 e. The van der Waals surface area contributed by atoms with E-state index >= 15 is 0 Å². The van der Waals surface area contributed by atoms with Gasteiger partial charge in [0.25, 0.3) is 10.0 Å². The quantitative estimate of drug-likeness (QED) is 0.814. The Labute approximate surface area is 120 Å². The molecule has 0 saturated carbocycles. The molecule has 1 rings (SSSR count). The summed E-state index contributed by atoms with van der Waals surface area (Å²) >= 11 is 0. The highest BCUT2D eigenvalue weighted by Gasteiger charge is 2.31. The Morgan fingerprint density at radius 1 is 1.29 bits per heavy atom. The summed E-state index contributed by atoms with van der Waals surface area (Å²) in [5.74, 6) is -0.552. The topological polar surface area (TPSA) is 75.3 Å². The Balaban J connectivity index is 2.86. The molecule has 0 aromatic heterocycles. The lowest BCUT2D eigenvalue weighted by Gasteiger charge is -2.11. The predicted octanol–water partition coefficient (Wildman–Crippen LogP) is 2.06. The molecule has 5 nitrogen and oxygen atoms in total. The Hall–Kier alpha value is -1.61. The maximum atomic E-state index is 12.5. The first-order valence-corrected chi connectivity index (χ1v) is 7.48. The average molecular weight is 324 g/mol. The van der Waals surface area contributed by atoms with Crippen molar-refractivity contribution in [3.63, 3.8) is 0 Å². The molecular weight excluding hydrogens is 309 g/mol. The molecule has 1 aromatic carbocycles. The van der Waals surface area contributed by atoms with Crippen molar-refractivity contribution >= 4 is 15.9 Å². The number of alkyl halides is 3. The minimum absolute atomic E-state index is 0.0167. The molecule has 0 spiro atoms. The van der Waals surface area contributed by atoms with Gasteiger partial charge in [0.2, 0.25) is 5.91 Å². The van der Waals surface area contributed by atoms with Crippen LogP contribution in [0.1, 0.15) is 25.8 Å². The molecule has 0 bridgehead atoms. The zero-order chi connectivity index (χ0) is 16.3. The smallest absolute Gasteiger partial charge is 0.278 e. The van der Waals surface area contributed by atoms with Crippen LogP contribution in [-0.2, 0) is 21.0 Å². The van der Waals surface area contributed by atoms with Crippen LogP contribution in [0.5, 0.6) is 0 Å². The number of carbonyl (C=O) groups is 1. The van der Waals surface area contributed by atoms with Gasteiger partial charge in [-0.1, -0.05) is 19.9 Å². The summed E-state index contributed by atoms with van der Waals surface area (Å²) in [7, 11) is -4.26. The minimum Gasteiger partial charge on any atom is -0.278 e. The molecule has 2 N–H and O–H groups in total. The number of nitrogens with one attached hydrogen (secondary N) is 2. The average Bonchev–Trinajstić information content (AvgIpc) is 2.35. The van der Waals surface area contributed by atoms with Gasteiger partial charge in [0.05, 0.1) is 10.5 Å². The lowest BCUT2D eigenvalue weighted by molar-refractivity contribution is -0.137. The van der Waals surface area contributed by atoms with Gasteiger partial charge in [0, 0.05) is 6.42 Å². The summed E-state index contributed by atoms with van der Waals surface area (Å²) in [6, 6.07) is 3.24. The molecule has 9 heteroatoms. The van der Waals surface area contributed by atoms with E-state index in [1.54, 1.807) is 18.7 Å². The van der Waals surface area contributed by atoms with Crippen molar-refractivity contribution in [2.75, 3.05) is 0 Å². The first kappa shape index (κ1) is 17.4. The third kappa shape index (κ3) is 5.35. The number of benzene rings is 1. The Morgan fingerprint density at radius 3 is 2.43 bits per heavy atom. The van der Waals surface area contributed by atoms with Crippen molar-refractivity contribution in [2.24, 2.45) is 5.92 Å². The van der Waals surface area contributed by atoms with Crippen molar-refractivity contribution in [3.05, 3.63) is 29.8 Å². The second-order valence-corrected chi connectivity index (χ2v) is 6.46. The van der Waals surface area contributed by atoms with Crippen molar-refractivity contribution in [3.8, 4) is 0 Å². The van der Waals surface area contributed by atoms with Crippen LogP contribution in [0.25, 0.3) is 0 Å². The van der Waals surface area contributed by atoms with Crippen molar-refractivity contribution < 1.29 is 26.4 Å². The van der Waals surface area contributed by atoms with Crippen LogP contribution in [0.3, 0.4) is 0 Å². The molecule has 21 heavy (non-hydrogen) atoms. The highest BCUT2D eigenvalue weighted by atomic mass is 32.2. The molecule has 0 heterocycles. The highest BCUT2D eigenvalue weighted by molar-refractivity contribution is 7.89. The first-order valence-electron chi connectivity index (χ1n) is 6.00. The normalized spacial score (nSPS) is 12.5. The SMILES string of the molecule is CC(C)CC(=O)NNS(=O)(=O)c1cccc(C(F)(F)F)c1. The number of hydrogen-bond donors (Lipinski definition) is 2. The van der Waals surface area contributed by atoms with E-state index < -0.39 is 32.6 Å². The van der Waals surface area contributed by atoms with Gasteiger partial charge >= 0.3 is 6.18 Å². The van der Waals surface area contributed by atoms with E-state index in [0.29, 0.717) is 6.07 Å². The van der Waals surface area contributed by atoms with Gasteiger partial charge in [-0.2, -0.15) is 13.2 Å². The van der Waals surface area contributed by atoms with Gasteiger partial charge in [-0.15, -0.1) is 4.83 Å². The Kier molecular flexibility index (Phi) is 5.35. The molecule has 1 amide bonds. The third-order valence-corrected chi connectivity index (χ3v) is 3.64. The van der Waals surface area contributed by atoms with E-state index in [1.165, 1.54) is 0 Å². The van der Waals surface area contributed by atoms with E-state index in [0.717, 1.165) is 18.2 Å². The molecule has 0 aliphatic rings. The van der Waals surface area contributed by atoms with E-state index in [4.69, 9.17) is 0 Å². The van der Waals surface area contributed by atoms with Crippen LogP contribution < -0.4 is 10.3 Å². The zero-order valence-corrected chi connectivity index (χ0v) is 12.2. The first-order chi connectivity index (χ1) is 9.52. The summed E-state index contributed by atoms with van der Waals surface area (Å²) in [6.45, 7) is 3.53. The molecule has 0 atom stereocenters.